The maximum absolute atomic E-state index is 12.3. The molecule has 0 spiro atoms. The first kappa shape index (κ1) is 15.8. The first-order valence-electron chi connectivity index (χ1n) is 5.44. The second-order valence-corrected chi connectivity index (χ2v) is 6.91. The van der Waals surface area contributed by atoms with Gasteiger partial charge in [-0.1, -0.05) is 6.07 Å². The zero-order valence-corrected chi connectivity index (χ0v) is 12.5. The molecule has 1 aliphatic rings. The number of benzene rings is 1. The summed E-state index contributed by atoms with van der Waals surface area (Å²) in [6.45, 7) is 0.943. The van der Waals surface area contributed by atoms with Crippen LogP contribution in [0.3, 0.4) is 0 Å². The van der Waals surface area contributed by atoms with Crippen molar-refractivity contribution < 1.29 is 8.42 Å². The Kier molecular flexibility index (Phi) is 5.48. The van der Waals surface area contributed by atoms with E-state index in [9.17, 15) is 8.42 Å². The third-order valence-corrected chi connectivity index (χ3v) is 5.45. The molecular weight excluding hydrogens is 292 g/mol. The average Bonchev–Trinajstić information content (AvgIpc) is 2.76. The van der Waals surface area contributed by atoms with Crippen molar-refractivity contribution in [3.05, 3.63) is 24.3 Å². The van der Waals surface area contributed by atoms with Gasteiger partial charge in [0.05, 0.1) is 4.90 Å². The van der Waals surface area contributed by atoms with Crippen molar-refractivity contribution in [3.63, 3.8) is 0 Å². The van der Waals surface area contributed by atoms with Crippen LogP contribution in [0.25, 0.3) is 0 Å². The van der Waals surface area contributed by atoms with Crippen LogP contribution in [0, 0.1) is 0 Å². The SMILES string of the molecule is CSc1cccc(S(=O)(=O)N2CCC(N)C2)c1.Cl. The third-order valence-electron chi connectivity index (χ3n) is 2.87. The van der Waals surface area contributed by atoms with Crippen molar-refractivity contribution in [1.82, 2.24) is 4.31 Å². The quantitative estimate of drug-likeness (QED) is 0.861. The van der Waals surface area contributed by atoms with Gasteiger partial charge in [-0.25, -0.2) is 8.42 Å². The van der Waals surface area contributed by atoms with Gasteiger partial charge in [-0.05, 0) is 30.9 Å². The largest absolute Gasteiger partial charge is 0.326 e. The summed E-state index contributed by atoms with van der Waals surface area (Å²) in [6, 6.07) is 6.99. The van der Waals surface area contributed by atoms with Crippen LogP contribution < -0.4 is 5.73 Å². The smallest absolute Gasteiger partial charge is 0.243 e. The van der Waals surface area contributed by atoms with Gasteiger partial charge in [0.1, 0.15) is 0 Å². The number of nitrogens with two attached hydrogens (primary N) is 1. The summed E-state index contributed by atoms with van der Waals surface area (Å²) in [5, 5.41) is 0. The molecule has 4 nitrogen and oxygen atoms in total. The Morgan fingerprint density at radius 2 is 2.17 bits per heavy atom. The maximum Gasteiger partial charge on any atom is 0.243 e. The molecule has 0 bridgehead atoms. The summed E-state index contributed by atoms with van der Waals surface area (Å²) in [7, 11) is -3.36. The third kappa shape index (κ3) is 3.19. The van der Waals surface area contributed by atoms with Gasteiger partial charge in [-0.2, -0.15) is 4.31 Å². The van der Waals surface area contributed by atoms with Crippen molar-refractivity contribution in [2.45, 2.75) is 22.3 Å². The Morgan fingerprint density at radius 1 is 1.44 bits per heavy atom. The van der Waals surface area contributed by atoms with Gasteiger partial charge in [-0.15, -0.1) is 24.2 Å². The van der Waals surface area contributed by atoms with Crippen LogP contribution in [0.2, 0.25) is 0 Å². The maximum atomic E-state index is 12.3. The molecule has 0 radical (unpaired) electrons. The molecule has 0 saturated carbocycles. The number of thioether (sulfide) groups is 1. The molecule has 0 aromatic heterocycles. The van der Waals surface area contributed by atoms with E-state index in [0.717, 1.165) is 11.3 Å². The molecule has 0 aliphatic carbocycles. The molecule has 1 unspecified atom stereocenters. The molecule has 2 rings (SSSR count). The summed E-state index contributed by atoms with van der Waals surface area (Å²) in [6.07, 6.45) is 2.67. The standard InChI is InChI=1S/C11H16N2O2S2.ClH/c1-16-10-3-2-4-11(7-10)17(14,15)13-6-5-9(12)8-13;/h2-4,7,9H,5-6,8,12H2,1H3;1H. The first-order chi connectivity index (χ1) is 8.04. The molecule has 1 fully saturated rings. The molecule has 18 heavy (non-hydrogen) atoms. The fourth-order valence-corrected chi connectivity index (χ4v) is 3.98. The predicted octanol–water partition coefficient (Wildman–Crippen LogP) is 1.55. The Balaban J connectivity index is 0.00000162. The van der Waals surface area contributed by atoms with Gasteiger partial charge < -0.3 is 5.73 Å². The first-order valence-corrected chi connectivity index (χ1v) is 8.10. The number of halogens is 1. The van der Waals surface area contributed by atoms with E-state index in [-0.39, 0.29) is 18.4 Å². The van der Waals surface area contributed by atoms with E-state index in [1.165, 1.54) is 16.1 Å². The summed E-state index contributed by atoms with van der Waals surface area (Å²) < 4.78 is 26.1. The lowest BCUT2D eigenvalue weighted by atomic mass is 10.3. The Morgan fingerprint density at radius 3 is 2.72 bits per heavy atom. The lowest BCUT2D eigenvalue weighted by molar-refractivity contribution is 0.472. The topological polar surface area (TPSA) is 63.4 Å². The van der Waals surface area contributed by atoms with E-state index in [0.29, 0.717) is 18.0 Å². The van der Waals surface area contributed by atoms with E-state index >= 15 is 0 Å². The highest BCUT2D eigenvalue weighted by atomic mass is 35.5. The minimum atomic E-state index is -3.36. The van der Waals surface area contributed by atoms with E-state index in [4.69, 9.17) is 5.73 Å². The van der Waals surface area contributed by atoms with Gasteiger partial charge in [0.25, 0.3) is 0 Å². The molecule has 1 heterocycles. The molecule has 7 heteroatoms. The Labute approximate surface area is 118 Å². The lowest BCUT2D eigenvalue weighted by Gasteiger charge is -2.16. The van der Waals surface area contributed by atoms with E-state index in [2.05, 4.69) is 0 Å². The monoisotopic (exact) mass is 308 g/mol. The molecule has 2 N–H and O–H groups in total. The van der Waals surface area contributed by atoms with E-state index < -0.39 is 10.0 Å². The van der Waals surface area contributed by atoms with Crippen molar-refractivity contribution in [2.75, 3.05) is 19.3 Å². The average molecular weight is 309 g/mol. The number of hydrogen-bond acceptors (Lipinski definition) is 4. The summed E-state index contributed by atoms with van der Waals surface area (Å²) in [5.41, 5.74) is 5.75. The van der Waals surface area contributed by atoms with Crippen LogP contribution in [0.4, 0.5) is 0 Å². The van der Waals surface area contributed by atoms with Crippen molar-refractivity contribution in [2.24, 2.45) is 5.73 Å². The van der Waals surface area contributed by atoms with E-state index in [1.807, 2.05) is 12.3 Å². The molecule has 102 valence electrons. The second-order valence-electron chi connectivity index (χ2n) is 4.09. The van der Waals surface area contributed by atoms with Crippen LogP contribution >= 0.6 is 24.2 Å². The van der Waals surface area contributed by atoms with Crippen molar-refractivity contribution in [1.29, 1.82) is 0 Å². The van der Waals surface area contributed by atoms with Gasteiger partial charge in [0.2, 0.25) is 10.0 Å². The predicted molar refractivity (Wildman–Crippen MR) is 76.8 cm³/mol. The molecule has 1 atom stereocenters. The normalized spacial score (nSPS) is 20.7. The highest BCUT2D eigenvalue weighted by Crippen LogP contribution is 2.24. The zero-order chi connectivity index (χ0) is 12.5. The minimum Gasteiger partial charge on any atom is -0.326 e. The van der Waals surface area contributed by atoms with Gasteiger partial charge in [0, 0.05) is 24.0 Å². The zero-order valence-electron chi connectivity index (χ0n) is 10.1. The number of hydrogen-bond donors (Lipinski definition) is 1. The number of sulfonamides is 1. The summed E-state index contributed by atoms with van der Waals surface area (Å²) >= 11 is 1.53. The van der Waals surface area contributed by atoms with Gasteiger partial charge in [-0.3, -0.25) is 0 Å². The second kappa shape index (κ2) is 6.25. The van der Waals surface area contributed by atoms with E-state index in [1.54, 1.807) is 18.2 Å². The minimum absolute atomic E-state index is 0. The van der Waals surface area contributed by atoms with Crippen LogP contribution in [0.15, 0.2) is 34.1 Å². The van der Waals surface area contributed by atoms with Crippen molar-refractivity contribution in [3.8, 4) is 0 Å². The summed E-state index contributed by atoms with van der Waals surface area (Å²) in [5.74, 6) is 0. The molecule has 1 aromatic carbocycles. The van der Waals surface area contributed by atoms with Crippen LogP contribution in [0.1, 0.15) is 6.42 Å². The lowest BCUT2D eigenvalue weighted by Crippen LogP contribution is -2.31. The van der Waals surface area contributed by atoms with Gasteiger partial charge in [0.15, 0.2) is 0 Å². The van der Waals surface area contributed by atoms with Gasteiger partial charge >= 0.3 is 0 Å². The molecule has 1 saturated heterocycles. The number of rotatable bonds is 3. The Bertz CT molecular complexity index is 508. The van der Waals surface area contributed by atoms with Crippen LogP contribution in [-0.2, 0) is 10.0 Å². The number of nitrogens with zero attached hydrogens (tertiary/aromatic N) is 1. The fraction of sp³-hybridized carbons (Fsp3) is 0.455. The molecule has 0 amide bonds. The van der Waals surface area contributed by atoms with Crippen LogP contribution in [-0.4, -0.2) is 38.1 Å². The molecule has 1 aromatic rings. The Hall–Kier alpha value is -0.270. The van der Waals surface area contributed by atoms with Crippen molar-refractivity contribution >= 4 is 34.2 Å². The summed E-state index contributed by atoms with van der Waals surface area (Å²) in [4.78, 5) is 1.31. The highest BCUT2D eigenvalue weighted by Gasteiger charge is 2.30. The van der Waals surface area contributed by atoms with Crippen LogP contribution in [0.5, 0.6) is 0 Å². The molecule has 1 aliphatic heterocycles. The highest BCUT2D eigenvalue weighted by molar-refractivity contribution is 7.98. The fourth-order valence-electron chi connectivity index (χ4n) is 1.88. The molecular formula is C11H17ClN2O2S2.